The molecule has 1 fully saturated rings. The number of H-pyrrole nitrogens is 1. The number of aryl methyl sites for hydroxylation is 1. The summed E-state index contributed by atoms with van der Waals surface area (Å²) in [5.41, 5.74) is 3.87. The maximum atomic E-state index is 13.2. The number of fused-ring (bicyclic) bond motifs is 1. The zero-order chi connectivity index (χ0) is 25.8. The van der Waals surface area contributed by atoms with Gasteiger partial charge in [-0.05, 0) is 73.4 Å². The van der Waals surface area contributed by atoms with Gasteiger partial charge < -0.3 is 9.72 Å². The number of benzene rings is 2. The molecule has 1 aliphatic carbocycles. The predicted molar refractivity (Wildman–Crippen MR) is 145 cm³/mol. The van der Waals surface area contributed by atoms with Crippen molar-refractivity contribution >= 4 is 10.9 Å². The molecule has 1 N–H and O–H groups in total. The van der Waals surface area contributed by atoms with Gasteiger partial charge in [0.15, 0.2) is 5.82 Å². The minimum Gasteiger partial charge on any atom is -0.494 e. The van der Waals surface area contributed by atoms with Crippen molar-refractivity contribution in [1.82, 2.24) is 30.1 Å². The molecule has 37 heavy (non-hydrogen) atoms. The monoisotopic (exact) mass is 500 g/mol. The Morgan fingerprint density at radius 2 is 1.86 bits per heavy atom. The third-order valence-electron chi connectivity index (χ3n) is 7.40. The number of ether oxygens (including phenoxy) is 1. The first kappa shape index (κ1) is 25.1. The molecule has 2 aromatic heterocycles. The highest BCUT2D eigenvalue weighted by Crippen LogP contribution is 2.33. The highest BCUT2D eigenvalue weighted by Gasteiger charge is 2.29. The van der Waals surface area contributed by atoms with E-state index in [0.29, 0.717) is 31.3 Å². The summed E-state index contributed by atoms with van der Waals surface area (Å²) in [6.07, 6.45) is 5.48. The van der Waals surface area contributed by atoms with Crippen molar-refractivity contribution < 1.29 is 4.74 Å². The van der Waals surface area contributed by atoms with Crippen LogP contribution in [0.15, 0.2) is 53.3 Å². The lowest BCUT2D eigenvalue weighted by atomic mass is 10.1. The van der Waals surface area contributed by atoms with Crippen molar-refractivity contribution in [3.63, 3.8) is 0 Å². The molecule has 0 amide bonds. The molecule has 0 spiro atoms. The molecule has 8 heteroatoms. The Balaban J connectivity index is 1.52. The molecule has 0 unspecified atom stereocenters. The summed E-state index contributed by atoms with van der Waals surface area (Å²) in [6.45, 7) is 7.99. The highest BCUT2D eigenvalue weighted by atomic mass is 16.5. The number of hydrogen-bond donors (Lipinski definition) is 1. The molecule has 1 atom stereocenters. The summed E-state index contributed by atoms with van der Waals surface area (Å²) in [5.74, 6) is 1.68. The predicted octanol–water partition coefficient (Wildman–Crippen LogP) is 5.49. The highest BCUT2D eigenvalue weighted by molar-refractivity contribution is 5.80. The number of nitrogens with one attached hydrogen (secondary N) is 1. The first-order valence-corrected chi connectivity index (χ1v) is 13.4. The van der Waals surface area contributed by atoms with E-state index >= 15 is 0 Å². The van der Waals surface area contributed by atoms with Gasteiger partial charge in [-0.25, -0.2) is 4.68 Å². The van der Waals surface area contributed by atoms with Crippen molar-refractivity contribution in [2.24, 2.45) is 0 Å². The molecule has 0 radical (unpaired) electrons. The van der Waals surface area contributed by atoms with Gasteiger partial charge in [0.05, 0.1) is 18.7 Å². The molecule has 194 valence electrons. The van der Waals surface area contributed by atoms with Crippen LogP contribution in [-0.2, 0) is 13.1 Å². The van der Waals surface area contributed by atoms with Gasteiger partial charge in [-0.15, -0.1) is 5.10 Å². The third kappa shape index (κ3) is 5.59. The Bertz CT molecular complexity index is 1390. The molecule has 0 bridgehead atoms. The van der Waals surface area contributed by atoms with Crippen LogP contribution in [0.4, 0.5) is 0 Å². The van der Waals surface area contributed by atoms with Crippen LogP contribution in [0.1, 0.15) is 80.6 Å². The van der Waals surface area contributed by atoms with E-state index in [-0.39, 0.29) is 11.6 Å². The van der Waals surface area contributed by atoms with Crippen LogP contribution in [0, 0.1) is 6.92 Å². The second-order valence-electron chi connectivity index (χ2n) is 10.0. The van der Waals surface area contributed by atoms with Crippen LogP contribution in [-0.4, -0.2) is 36.7 Å². The number of aromatic nitrogens is 5. The fourth-order valence-corrected chi connectivity index (χ4v) is 5.46. The molecule has 0 saturated heterocycles. The number of nitrogens with zero attached hydrogens (tertiary/aromatic N) is 5. The van der Waals surface area contributed by atoms with Gasteiger partial charge in [0.25, 0.3) is 5.56 Å². The van der Waals surface area contributed by atoms with Crippen molar-refractivity contribution in [3.8, 4) is 5.75 Å². The first-order chi connectivity index (χ1) is 18.1. The zero-order valence-corrected chi connectivity index (χ0v) is 22.0. The molecule has 1 saturated carbocycles. The molecule has 8 nitrogen and oxygen atoms in total. The van der Waals surface area contributed by atoms with Gasteiger partial charge in [0.1, 0.15) is 5.75 Å². The summed E-state index contributed by atoms with van der Waals surface area (Å²) < 4.78 is 7.74. The maximum absolute atomic E-state index is 13.2. The maximum Gasteiger partial charge on any atom is 0.252 e. The van der Waals surface area contributed by atoms with Gasteiger partial charge in [-0.1, -0.05) is 49.6 Å². The van der Waals surface area contributed by atoms with Crippen LogP contribution < -0.4 is 10.3 Å². The van der Waals surface area contributed by atoms with Crippen LogP contribution >= 0.6 is 0 Å². The van der Waals surface area contributed by atoms with Gasteiger partial charge in [-0.2, -0.15) is 0 Å². The molecular formula is C29H36N6O2. The largest absolute Gasteiger partial charge is 0.494 e. The van der Waals surface area contributed by atoms with Gasteiger partial charge >= 0.3 is 0 Å². The number of hydrogen-bond acceptors (Lipinski definition) is 6. The SMILES string of the molecule is CCOc1ccc2[nH]c(=O)c(CN(Cc3ccc(C)cc3)[C@@H](CC)c3nnnn3C3CCCC3)cc2c1. The molecule has 4 aromatic rings. The third-order valence-corrected chi connectivity index (χ3v) is 7.40. The van der Waals surface area contributed by atoms with E-state index in [9.17, 15) is 4.79 Å². The Hall–Kier alpha value is -3.52. The number of rotatable bonds is 10. The van der Waals surface area contributed by atoms with Crippen LogP contribution in [0.5, 0.6) is 5.75 Å². The van der Waals surface area contributed by atoms with E-state index in [1.807, 2.05) is 35.9 Å². The minimum atomic E-state index is -0.0733. The Morgan fingerprint density at radius 1 is 1.08 bits per heavy atom. The molecule has 5 rings (SSSR count). The van der Waals surface area contributed by atoms with Crippen molar-refractivity contribution in [1.29, 1.82) is 0 Å². The topological polar surface area (TPSA) is 88.9 Å². The minimum absolute atomic E-state index is 0.0261. The lowest BCUT2D eigenvalue weighted by Gasteiger charge is -2.31. The quantitative estimate of drug-likeness (QED) is 0.310. The van der Waals surface area contributed by atoms with Gasteiger partial charge in [0.2, 0.25) is 0 Å². The summed E-state index contributed by atoms with van der Waals surface area (Å²) in [5, 5.41) is 14.0. The van der Waals surface area contributed by atoms with E-state index in [0.717, 1.165) is 41.7 Å². The first-order valence-electron chi connectivity index (χ1n) is 13.4. The molecule has 1 aliphatic rings. The van der Waals surface area contributed by atoms with Crippen LogP contribution in [0.2, 0.25) is 0 Å². The fraction of sp³-hybridized carbons (Fsp3) is 0.448. The van der Waals surface area contributed by atoms with Crippen LogP contribution in [0.25, 0.3) is 10.9 Å². The second kappa shape index (κ2) is 11.3. The summed E-state index contributed by atoms with van der Waals surface area (Å²) in [4.78, 5) is 18.6. The van der Waals surface area contributed by atoms with E-state index in [2.05, 4.69) is 63.5 Å². The van der Waals surface area contributed by atoms with Gasteiger partial charge in [-0.3, -0.25) is 9.69 Å². The molecule has 2 heterocycles. The van der Waals surface area contributed by atoms with E-state index in [4.69, 9.17) is 4.74 Å². The Morgan fingerprint density at radius 3 is 2.59 bits per heavy atom. The Kier molecular flexibility index (Phi) is 7.65. The average Bonchev–Trinajstić information content (AvgIpc) is 3.59. The normalized spacial score (nSPS) is 15.0. The number of tetrazole rings is 1. The summed E-state index contributed by atoms with van der Waals surface area (Å²) in [7, 11) is 0. The average molecular weight is 501 g/mol. The smallest absolute Gasteiger partial charge is 0.252 e. The van der Waals surface area contributed by atoms with Crippen LogP contribution in [0.3, 0.4) is 0 Å². The summed E-state index contributed by atoms with van der Waals surface area (Å²) >= 11 is 0. The Labute approximate surface area is 217 Å². The van der Waals surface area contributed by atoms with Crippen molar-refractivity contribution in [3.05, 3.63) is 81.4 Å². The van der Waals surface area contributed by atoms with Crippen molar-refractivity contribution in [2.75, 3.05) is 6.61 Å². The molecule has 0 aliphatic heterocycles. The molecule has 2 aromatic carbocycles. The van der Waals surface area contributed by atoms with E-state index in [1.165, 1.54) is 24.0 Å². The second-order valence-corrected chi connectivity index (χ2v) is 10.0. The lowest BCUT2D eigenvalue weighted by Crippen LogP contribution is -2.32. The zero-order valence-electron chi connectivity index (χ0n) is 22.0. The standard InChI is InChI=1S/C29H36N6O2/c1-4-27(28-31-32-33-35(28)24-8-6-7-9-24)34(18-21-12-10-20(3)11-13-21)19-23-16-22-17-25(37-5-2)14-15-26(22)30-29(23)36/h10-17,24,27H,4-9,18-19H2,1-3H3,(H,30,36)/t27-/m0/s1. The molecular weight excluding hydrogens is 464 g/mol. The van der Waals surface area contributed by atoms with Crippen molar-refractivity contribution in [2.45, 2.75) is 78.0 Å². The fourth-order valence-electron chi connectivity index (χ4n) is 5.46. The number of pyridine rings is 1. The van der Waals surface area contributed by atoms with Gasteiger partial charge in [0, 0.05) is 29.6 Å². The summed E-state index contributed by atoms with van der Waals surface area (Å²) in [6, 6.07) is 16.7. The van der Waals surface area contributed by atoms with E-state index < -0.39 is 0 Å². The lowest BCUT2D eigenvalue weighted by molar-refractivity contribution is 0.158. The number of aromatic amines is 1. The van der Waals surface area contributed by atoms with E-state index in [1.54, 1.807) is 0 Å².